The number of carbonyl (C=O) groups excluding carboxylic acids is 1. The number of hydrogen-bond donors (Lipinski definition) is 2. The van der Waals surface area contributed by atoms with Crippen molar-refractivity contribution in [3.63, 3.8) is 0 Å². The summed E-state index contributed by atoms with van der Waals surface area (Å²) in [5.41, 5.74) is 1.55. The molecule has 104 valence electrons. The van der Waals surface area contributed by atoms with Gasteiger partial charge in [0.25, 0.3) is 0 Å². The summed E-state index contributed by atoms with van der Waals surface area (Å²) in [7, 11) is 0. The molecule has 0 aliphatic carbocycles. The number of rotatable bonds is 4. The average molecular weight is 336 g/mol. The van der Waals surface area contributed by atoms with Gasteiger partial charge in [0.05, 0.1) is 4.47 Å². The predicted octanol–water partition coefficient (Wildman–Crippen LogP) is 3.58. The van der Waals surface area contributed by atoms with Crippen LogP contribution in [0.5, 0.6) is 5.75 Å². The zero-order chi connectivity index (χ0) is 14.4. The predicted molar refractivity (Wildman–Crippen MR) is 79.3 cm³/mol. The fraction of sp³-hybridized carbons (Fsp3) is 0.133. The Morgan fingerprint density at radius 3 is 2.65 bits per heavy atom. The molecule has 0 bridgehead atoms. The van der Waals surface area contributed by atoms with Crippen molar-refractivity contribution in [2.45, 2.75) is 13.2 Å². The molecule has 0 aliphatic rings. The van der Waals surface area contributed by atoms with Crippen LogP contribution in [-0.2, 0) is 17.9 Å². The van der Waals surface area contributed by atoms with E-state index >= 15 is 0 Å². The largest absolute Gasteiger partial charge is 0.506 e. The lowest BCUT2D eigenvalue weighted by molar-refractivity contribution is 0.139. The molecule has 5 heteroatoms. The van der Waals surface area contributed by atoms with Crippen molar-refractivity contribution in [3.8, 4) is 5.75 Å². The summed E-state index contributed by atoms with van der Waals surface area (Å²) in [6.07, 6.45) is -0.520. The van der Waals surface area contributed by atoms with Gasteiger partial charge in [0.1, 0.15) is 12.4 Å². The maximum atomic E-state index is 11.6. The molecule has 1 amide bonds. The fourth-order valence-electron chi connectivity index (χ4n) is 1.64. The third-order valence-electron chi connectivity index (χ3n) is 2.71. The molecule has 0 fully saturated rings. The molecule has 0 atom stereocenters. The van der Waals surface area contributed by atoms with E-state index in [1.807, 2.05) is 30.3 Å². The molecule has 0 saturated heterocycles. The molecule has 0 spiro atoms. The second-order valence-corrected chi connectivity index (χ2v) is 5.02. The van der Waals surface area contributed by atoms with Gasteiger partial charge in [-0.05, 0) is 27.6 Å². The summed E-state index contributed by atoms with van der Waals surface area (Å²) < 4.78 is 5.67. The van der Waals surface area contributed by atoms with Crippen LogP contribution in [0.1, 0.15) is 11.1 Å². The number of ether oxygens (including phenoxy) is 1. The summed E-state index contributed by atoms with van der Waals surface area (Å²) >= 11 is 3.22. The van der Waals surface area contributed by atoms with Gasteiger partial charge in [-0.3, -0.25) is 0 Å². The maximum absolute atomic E-state index is 11.6. The Balaban J connectivity index is 1.82. The van der Waals surface area contributed by atoms with E-state index in [0.29, 0.717) is 10.0 Å². The second-order valence-electron chi connectivity index (χ2n) is 4.16. The first kappa shape index (κ1) is 14.4. The van der Waals surface area contributed by atoms with Gasteiger partial charge < -0.3 is 15.2 Å². The van der Waals surface area contributed by atoms with Crippen LogP contribution >= 0.6 is 15.9 Å². The molecule has 2 aromatic carbocycles. The lowest BCUT2D eigenvalue weighted by Gasteiger charge is -2.09. The third-order valence-corrected chi connectivity index (χ3v) is 3.35. The van der Waals surface area contributed by atoms with Crippen LogP contribution in [0, 0.1) is 0 Å². The molecule has 2 rings (SSSR count). The SMILES string of the molecule is O=C(NCc1cccc(Br)c1O)OCc1ccccc1. The molecule has 0 aromatic heterocycles. The Bertz CT molecular complexity index is 587. The molecular formula is C15H14BrNO3. The average Bonchev–Trinajstić information content (AvgIpc) is 2.48. The highest BCUT2D eigenvalue weighted by atomic mass is 79.9. The van der Waals surface area contributed by atoms with Crippen molar-refractivity contribution in [3.05, 3.63) is 64.1 Å². The van der Waals surface area contributed by atoms with E-state index in [2.05, 4.69) is 21.2 Å². The first-order chi connectivity index (χ1) is 9.66. The minimum Gasteiger partial charge on any atom is -0.506 e. The third kappa shape index (κ3) is 3.99. The van der Waals surface area contributed by atoms with E-state index in [-0.39, 0.29) is 18.9 Å². The van der Waals surface area contributed by atoms with Crippen LogP contribution in [0.15, 0.2) is 53.0 Å². The molecule has 20 heavy (non-hydrogen) atoms. The number of para-hydroxylation sites is 1. The highest BCUT2D eigenvalue weighted by molar-refractivity contribution is 9.10. The van der Waals surface area contributed by atoms with Crippen molar-refractivity contribution in [2.75, 3.05) is 0 Å². The van der Waals surface area contributed by atoms with Gasteiger partial charge in [-0.2, -0.15) is 0 Å². The van der Waals surface area contributed by atoms with Crippen LogP contribution in [0.3, 0.4) is 0 Å². The molecule has 0 saturated carbocycles. The quantitative estimate of drug-likeness (QED) is 0.897. The monoisotopic (exact) mass is 335 g/mol. The smallest absolute Gasteiger partial charge is 0.407 e. The van der Waals surface area contributed by atoms with E-state index in [0.717, 1.165) is 5.56 Å². The maximum Gasteiger partial charge on any atom is 0.407 e. The first-order valence-electron chi connectivity index (χ1n) is 6.07. The highest BCUT2D eigenvalue weighted by Gasteiger charge is 2.07. The van der Waals surface area contributed by atoms with Crippen molar-refractivity contribution < 1.29 is 14.6 Å². The van der Waals surface area contributed by atoms with Gasteiger partial charge >= 0.3 is 6.09 Å². The number of hydrogen-bond acceptors (Lipinski definition) is 3. The minimum absolute atomic E-state index is 0.121. The second kappa shape index (κ2) is 6.96. The summed E-state index contributed by atoms with van der Waals surface area (Å²) in [6, 6.07) is 14.7. The summed E-state index contributed by atoms with van der Waals surface area (Å²) in [6.45, 7) is 0.427. The Labute approximate surface area is 125 Å². The Morgan fingerprint density at radius 2 is 1.90 bits per heavy atom. The van der Waals surface area contributed by atoms with Gasteiger partial charge in [-0.15, -0.1) is 0 Å². The molecule has 0 heterocycles. The number of aromatic hydroxyl groups is 1. The van der Waals surface area contributed by atoms with Crippen molar-refractivity contribution in [1.29, 1.82) is 0 Å². The minimum atomic E-state index is -0.520. The van der Waals surface area contributed by atoms with Crippen molar-refractivity contribution >= 4 is 22.0 Å². The zero-order valence-electron chi connectivity index (χ0n) is 10.7. The number of phenols is 1. The van der Waals surface area contributed by atoms with E-state index in [9.17, 15) is 9.90 Å². The molecule has 2 aromatic rings. The number of benzene rings is 2. The standard InChI is InChI=1S/C15H14BrNO3/c16-13-8-4-7-12(14(13)18)9-17-15(19)20-10-11-5-2-1-3-6-11/h1-8,18H,9-10H2,(H,17,19). The molecule has 0 radical (unpaired) electrons. The van der Waals surface area contributed by atoms with Gasteiger partial charge in [0.15, 0.2) is 0 Å². The first-order valence-corrected chi connectivity index (χ1v) is 6.87. The van der Waals surface area contributed by atoms with Crippen LogP contribution in [0.2, 0.25) is 0 Å². The molecule has 4 nitrogen and oxygen atoms in total. The van der Waals surface area contributed by atoms with Gasteiger partial charge in [0.2, 0.25) is 0 Å². The lowest BCUT2D eigenvalue weighted by Crippen LogP contribution is -2.23. The molecule has 0 aliphatic heterocycles. The van der Waals surface area contributed by atoms with Gasteiger partial charge in [-0.25, -0.2) is 4.79 Å². The normalized spacial score (nSPS) is 10.1. The Hall–Kier alpha value is -2.01. The number of phenolic OH excluding ortho intramolecular Hbond substituents is 1. The number of carbonyl (C=O) groups is 1. The summed E-state index contributed by atoms with van der Waals surface area (Å²) in [5.74, 6) is 0.121. The summed E-state index contributed by atoms with van der Waals surface area (Å²) in [4.78, 5) is 11.6. The molecule has 0 unspecified atom stereocenters. The number of amides is 1. The van der Waals surface area contributed by atoms with Crippen LogP contribution in [0.4, 0.5) is 4.79 Å². The molecular weight excluding hydrogens is 322 g/mol. The Kier molecular flexibility index (Phi) is 5.01. The van der Waals surface area contributed by atoms with Gasteiger partial charge in [-0.1, -0.05) is 42.5 Å². The van der Waals surface area contributed by atoms with Crippen LogP contribution < -0.4 is 5.32 Å². The highest BCUT2D eigenvalue weighted by Crippen LogP contribution is 2.27. The zero-order valence-corrected chi connectivity index (χ0v) is 12.3. The number of nitrogens with one attached hydrogen (secondary N) is 1. The van der Waals surface area contributed by atoms with Crippen molar-refractivity contribution in [2.24, 2.45) is 0 Å². The van der Waals surface area contributed by atoms with E-state index in [1.54, 1.807) is 18.2 Å². The fourth-order valence-corrected chi connectivity index (χ4v) is 2.05. The van der Waals surface area contributed by atoms with Crippen molar-refractivity contribution in [1.82, 2.24) is 5.32 Å². The topological polar surface area (TPSA) is 58.6 Å². The Morgan fingerprint density at radius 1 is 1.15 bits per heavy atom. The summed E-state index contributed by atoms with van der Waals surface area (Å²) in [5, 5.41) is 12.4. The number of alkyl carbamates (subject to hydrolysis) is 1. The van der Waals surface area contributed by atoms with E-state index in [1.165, 1.54) is 0 Å². The van der Waals surface area contributed by atoms with Gasteiger partial charge in [0, 0.05) is 12.1 Å². The van der Waals surface area contributed by atoms with E-state index < -0.39 is 6.09 Å². The van der Waals surface area contributed by atoms with Crippen LogP contribution in [0.25, 0.3) is 0 Å². The van der Waals surface area contributed by atoms with E-state index in [4.69, 9.17) is 4.74 Å². The lowest BCUT2D eigenvalue weighted by atomic mass is 10.2. The molecule has 2 N–H and O–H groups in total. The van der Waals surface area contributed by atoms with Crippen LogP contribution in [-0.4, -0.2) is 11.2 Å². The number of halogens is 1.